The summed E-state index contributed by atoms with van der Waals surface area (Å²) in [5.41, 5.74) is 11.3. The van der Waals surface area contributed by atoms with Gasteiger partial charge in [0.1, 0.15) is 18.1 Å². The summed E-state index contributed by atoms with van der Waals surface area (Å²) in [5, 5.41) is 12.4. The van der Waals surface area contributed by atoms with Crippen molar-refractivity contribution in [1.82, 2.24) is 24.8 Å². The molecule has 0 bridgehead atoms. The van der Waals surface area contributed by atoms with Crippen molar-refractivity contribution >= 4 is 47.1 Å². The number of hydrogen-bond donors (Lipinski definition) is 3. The van der Waals surface area contributed by atoms with Crippen LogP contribution in [0.1, 0.15) is 38.4 Å². The van der Waals surface area contributed by atoms with Crippen molar-refractivity contribution in [3.8, 4) is 6.07 Å². The van der Waals surface area contributed by atoms with E-state index in [1.165, 1.54) is 10.8 Å². The lowest BCUT2D eigenvalue weighted by atomic mass is 9.92. The second-order valence-electron chi connectivity index (χ2n) is 8.87. The molecule has 0 aromatic carbocycles. The number of unbranched alkanes of at least 4 members (excludes halogenated alkanes) is 1. The second-order valence-corrected chi connectivity index (χ2v) is 8.87. The highest BCUT2D eigenvalue weighted by molar-refractivity contribution is 5.95. The zero-order chi connectivity index (χ0) is 25.5. The SMILES string of the molecule is C[C@@H]1CCN(C(=O)CC#N)C[C@@H]1N(C)c1nc(CC(=O)NCCCCN)nc2c1ccn2C(N)=O.Cl. The van der Waals surface area contributed by atoms with Crippen LogP contribution in [0.2, 0.25) is 0 Å². The molecule has 0 radical (unpaired) electrons. The summed E-state index contributed by atoms with van der Waals surface area (Å²) in [5.74, 6) is 0.623. The number of fused-ring (bicyclic) bond motifs is 1. The Bertz CT molecular complexity index is 1130. The number of likely N-dealkylation sites (tertiary alicyclic amines) is 1. The van der Waals surface area contributed by atoms with Crippen molar-refractivity contribution in [3.63, 3.8) is 0 Å². The van der Waals surface area contributed by atoms with E-state index in [0.29, 0.717) is 43.0 Å². The minimum Gasteiger partial charge on any atom is -0.356 e. The molecule has 2 aromatic heterocycles. The Morgan fingerprint density at radius 3 is 2.72 bits per heavy atom. The van der Waals surface area contributed by atoms with E-state index in [2.05, 4.69) is 22.2 Å². The third-order valence-electron chi connectivity index (χ3n) is 6.41. The summed E-state index contributed by atoms with van der Waals surface area (Å²) in [6.45, 7) is 4.22. The highest BCUT2D eigenvalue weighted by Gasteiger charge is 2.33. The van der Waals surface area contributed by atoms with Gasteiger partial charge in [0.25, 0.3) is 0 Å². The molecule has 1 aliphatic rings. The molecule has 3 amide bonds. The number of hydrogen-bond acceptors (Lipinski definition) is 8. The standard InChI is InChI=1S/C23H33N9O3.ClH/c1-15-6-11-31(20(34)5-9-25)14-17(15)30(2)21-16-7-12-32(23(26)35)22(16)29-18(28-21)13-19(33)27-10-4-3-8-24;/h7,12,15,17H,3-6,8,10-11,13-14,24H2,1-2H3,(H2,26,35)(H,27,33);1H/t15-,17+;/m1./s1. The summed E-state index contributed by atoms with van der Waals surface area (Å²) in [6.07, 6.45) is 3.69. The monoisotopic (exact) mass is 519 g/mol. The van der Waals surface area contributed by atoms with Gasteiger partial charge in [-0.1, -0.05) is 6.92 Å². The third kappa shape index (κ3) is 6.61. The molecule has 0 spiro atoms. The van der Waals surface area contributed by atoms with Gasteiger partial charge in [0.15, 0.2) is 5.65 Å². The van der Waals surface area contributed by atoms with E-state index in [-0.39, 0.29) is 54.8 Å². The number of likely N-dealkylation sites (N-methyl/N-ethyl adjacent to an activating group) is 1. The average molecular weight is 520 g/mol. The number of rotatable bonds is 9. The van der Waals surface area contributed by atoms with E-state index in [4.69, 9.17) is 16.7 Å². The van der Waals surface area contributed by atoms with Crippen LogP contribution in [-0.4, -0.2) is 76.5 Å². The predicted molar refractivity (Wildman–Crippen MR) is 138 cm³/mol. The number of carbonyl (C=O) groups excluding carboxylic acids is 3. The van der Waals surface area contributed by atoms with Gasteiger partial charge >= 0.3 is 6.03 Å². The molecule has 5 N–H and O–H groups in total. The maximum Gasteiger partial charge on any atom is 0.324 e. The molecule has 13 heteroatoms. The van der Waals surface area contributed by atoms with Crippen LogP contribution in [0, 0.1) is 17.2 Å². The number of piperidine rings is 1. The third-order valence-corrected chi connectivity index (χ3v) is 6.41. The van der Waals surface area contributed by atoms with Crippen molar-refractivity contribution < 1.29 is 14.4 Å². The molecule has 2 aromatic rings. The number of carbonyl (C=O) groups is 3. The molecule has 3 rings (SSSR count). The maximum absolute atomic E-state index is 12.5. The summed E-state index contributed by atoms with van der Waals surface area (Å²) in [4.78, 5) is 49.6. The molecular weight excluding hydrogens is 486 g/mol. The largest absolute Gasteiger partial charge is 0.356 e. The van der Waals surface area contributed by atoms with Crippen LogP contribution in [0.15, 0.2) is 12.3 Å². The number of primary amides is 1. The van der Waals surface area contributed by atoms with E-state index in [9.17, 15) is 14.4 Å². The number of nitrogens with one attached hydrogen (secondary N) is 1. The zero-order valence-corrected chi connectivity index (χ0v) is 21.5. The first-order valence-electron chi connectivity index (χ1n) is 11.8. The summed E-state index contributed by atoms with van der Waals surface area (Å²) < 4.78 is 1.23. The smallest absolute Gasteiger partial charge is 0.324 e. The first-order chi connectivity index (χ1) is 16.8. The van der Waals surface area contributed by atoms with Crippen molar-refractivity contribution in [1.29, 1.82) is 5.26 Å². The Labute approximate surface area is 216 Å². The lowest BCUT2D eigenvalue weighted by Gasteiger charge is -2.42. The minimum atomic E-state index is -0.691. The first kappa shape index (κ1) is 28.8. The molecule has 3 heterocycles. The van der Waals surface area contributed by atoms with Crippen LogP contribution in [0.4, 0.5) is 10.6 Å². The molecule has 0 aliphatic carbocycles. The van der Waals surface area contributed by atoms with Crippen LogP contribution in [0.5, 0.6) is 0 Å². The highest BCUT2D eigenvalue weighted by atomic mass is 35.5. The lowest BCUT2D eigenvalue weighted by Crippen LogP contribution is -2.52. The van der Waals surface area contributed by atoms with Crippen LogP contribution >= 0.6 is 12.4 Å². The fraction of sp³-hybridized carbons (Fsp3) is 0.565. The fourth-order valence-corrected chi connectivity index (χ4v) is 4.39. The minimum absolute atomic E-state index is 0. The van der Waals surface area contributed by atoms with Crippen molar-refractivity contribution in [2.45, 2.75) is 45.1 Å². The Balaban J connectivity index is 0.00000456. The molecule has 0 unspecified atom stereocenters. The fourth-order valence-electron chi connectivity index (χ4n) is 4.39. The van der Waals surface area contributed by atoms with E-state index in [0.717, 1.165) is 19.3 Å². The molecule has 2 atom stereocenters. The van der Waals surface area contributed by atoms with Gasteiger partial charge in [-0.05, 0) is 37.8 Å². The van der Waals surface area contributed by atoms with Gasteiger partial charge in [0.05, 0.1) is 23.9 Å². The van der Waals surface area contributed by atoms with E-state index in [1.54, 1.807) is 11.0 Å². The number of amides is 3. The molecule has 12 nitrogen and oxygen atoms in total. The van der Waals surface area contributed by atoms with E-state index in [1.807, 2.05) is 18.0 Å². The molecule has 36 heavy (non-hydrogen) atoms. The molecular formula is C23H34ClN9O3. The lowest BCUT2D eigenvalue weighted by molar-refractivity contribution is -0.131. The van der Waals surface area contributed by atoms with Gasteiger partial charge in [0.2, 0.25) is 11.8 Å². The van der Waals surface area contributed by atoms with Crippen LogP contribution in [-0.2, 0) is 16.0 Å². The number of anilines is 1. The van der Waals surface area contributed by atoms with Gasteiger partial charge in [0, 0.05) is 32.9 Å². The number of aromatic nitrogens is 3. The molecule has 1 fully saturated rings. The highest BCUT2D eigenvalue weighted by Crippen LogP contribution is 2.30. The van der Waals surface area contributed by atoms with Crippen LogP contribution in [0.3, 0.4) is 0 Å². The second kappa shape index (κ2) is 13.0. The van der Waals surface area contributed by atoms with Gasteiger partial charge in [-0.3, -0.25) is 14.2 Å². The quantitative estimate of drug-likeness (QED) is 0.406. The van der Waals surface area contributed by atoms with Crippen LogP contribution < -0.4 is 21.7 Å². The summed E-state index contributed by atoms with van der Waals surface area (Å²) in [7, 11) is 1.87. The number of halogens is 1. The van der Waals surface area contributed by atoms with Crippen molar-refractivity contribution in [3.05, 3.63) is 18.1 Å². The van der Waals surface area contributed by atoms with Crippen LogP contribution in [0.25, 0.3) is 11.0 Å². The summed E-state index contributed by atoms with van der Waals surface area (Å²) >= 11 is 0. The van der Waals surface area contributed by atoms with E-state index < -0.39 is 6.03 Å². The van der Waals surface area contributed by atoms with Crippen molar-refractivity contribution in [2.75, 3.05) is 38.1 Å². The molecule has 0 saturated carbocycles. The van der Waals surface area contributed by atoms with Gasteiger partial charge < -0.3 is 26.6 Å². The number of nitrogens with two attached hydrogens (primary N) is 2. The Morgan fingerprint density at radius 2 is 2.06 bits per heavy atom. The molecule has 1 saturated heterocycles. The molecule has 1 aliphatic heterocycles. The average Bonchev–Trinajstić information content (AvgIpc) is 3.25. The Kier molecular flexibility index (Phi) is 10.4. The van der Waals surface area contributed by atoms with E-state index >= 15 is 0 Å². The van der Waals surface area contributed by atoms with Gasteiger partial charge in [-0.15, -0.1) is 12.4 Å². The molecule has 196 valence electrons. The maximum atomic E-state index is 12.5. The Morgan fingerprint density at radius 1 is 1.31 bits per heavy atom. The first-order valence-corrected chi connectivity index (χ1v) is 11.8. The van der Waals surface area contributed by atoms with Gasteiger partial charge in [-0.25, -0.2) is 14.8 Å². The normalized spacial score (nSPS) is 17.2. The zero-order valence-electron chi connectivity index (χ0n) is 20.6. The summed E-state index contributed by atoms with van der Waals surface area (Å²) in [6, 6.07) is 2.86. The number of nitriles is 1. The predicted octanol–water partition coefficient (Wildman–Crippen LogP) is 0.764. The van der Waals surface area contributed by atoms with Crippen molar-refractivity contribution in [2.24, 2.45) is 17.4 Å². The number of nitrogens with zero attached hydrogens (tertiary/aromatic N) is 6. The van der Waals surface area contributed by atoms with Gasteiger partial charge in [-0.2, -0.15) is 5.26 Å². The Hall–Kier alpha value is -3.43. The topological polar surface area (TPSA) is 176 Å².